The van der Waals surface area contributed by atoms with Crippen molar-refractivity contribution in [3.05, 3.63) is 53.6 Å². The van der Waals surface area contributed by atoms with Crippen molar-refractivity contribution >= 4 is 33.0 Å². The quantitative estimate of drug-likeness (QED) is 0.877. The largest absolute Gasteiger partial charge is 0.377 e. The molecule has 25 heavy (non-hydrogen) atoms. The number of hydrogen-bond donors (Lipinski definition) is 1. The van der Waals surface area contributed by atoms with Crippen LogP contribution < -0.4 is 9.62 Å². The normalized spacial score (nSPS) is 21.2. The highest BCUT2D eigenvalue weighted by Gasteiger charge is 2.25. The van der Waals surface area contributed by atoms with Crippen molar-refractivity contribution < 1.29 is 13.2 Å². The van der Waals surface area contributed by atoms with Crippen molar-refractivity contribution in [1.29, 1.82) is 0 Å². The van der Waals surface area contributed by atoms with E-state index in [-0.39, 0.29) is 17.0 Å². The monoisotopic (exact) mass is 380 g/mol. The first-order valence-electron chi connectivity index (χ1n) is 8.11. The molecule has 0 radical (unpaired) electrons. The summed E-state index contributed by atoms with van der Waals surface area (Å²) >= 11 is 5.81. The fourth-order valence-electron chi connectivity index (χ4n) is 3.04. The van der Waals surface area contributed by atoms with Gasteiger partial charge >= 0.3 is 0 Å². The third-order valence-electron chi connectivity index (χ3n) is 4.21. The summed E-state index contributed by atoms with van der Waals surface area (Å²) in [6, 6.07) is 14.0. The van der Waals surface area contributed by atoms with Crippen LogP contribution in [-0.2, 0) is 14.8 Å². The SMILES string of the molecule is CC1COCC(C)N1c1ccc(NS(=O)(=O)c2ccc(Cl)cc2)cc1. The van der Waals surface area contributed by atoms with Crippen molar-refractivity contribution in [3.63, 3.8) is 0 Å². The van der Waals surface area contributed by atoms with Gasteiger partial charge in [0.2, 0.25) is 0 Å². The molecule has 1 fully saturated rings. The lowest BCUT2D eigenvalue weighted by Crippen LogP contribution is -2.49. The summed E-state index contributed by atoms with van der Waals surface area (Å²) in [7, 11) is -3.63. The molecular weight excluding hydrogens is 360 g/mol. The minimum atomic E-state index is -3.63. The smallest absolute Gasteiger partial charge is 0.261 e. The molecule has 5 nitrogen and oxygen atoms in total. The molecule has 2 aromatic rings. The maximum absolute atomic E-state index is 12.4. The number of hydrogen-bond acceptors (Lipinski definition) is 4. The minimum absolute atomic E-state index is 0.177. The lowest BCUT2D eigenvalue weighted by Gasteiger charge is -2.40. The Morgan fingerprint density at radius 3 is 2.12 bits per heavy atom. The molecule has 134 valence electrons. The second kappa shape index (κ2) is 7.23. The van der Waals surface area contributed by atoms with Crippen LogP contribution in [0.25, 0.3) is 0 Å². The zero-order valence-electron chi connectivity index (χ0n) is 14.1. The number of halogens is 1. The Hall–Kier alpha value is -1.76. The zero-order valence-corrected chi connectivity index (χ0v) is 15.7. The van der Waals surface area contributed by atoms with Gasteiger partial charge in [0.1, 0.15) is 0 Å². The molecule has 2 aromatic carbocycles. The predicted molar refractivity (Wildman–Crippen MR) is 101 cm³/mol. The van der Waals surface area contributed by atoms with Gasteiger partial charge < -0.3 is 9.64 Å². The summed E-state index contributed by atoms with van der Waals surface area (Å²) in [6.45, 7) is 5.62. The van der Waals surface area contributed by atoms with Crippen LogP contribution >= 0.6 is 11.6 Å². The highest BCUT2D eigenvalue weighted by molar-refractivity contribution is 7.92. The van der Waals surface area contributed by atoms with Crippen molar-refractivity contribution in [2.45, 2.75) is 30.8 Å². The number of sulfonamides is 1. The Kier molecular flexibility index (Phi) is 5.22. The first-order chi connectivity index (χ1) is 11.9. The van der Waals surface area contributed by atoms with Crippen molar-refractivity contribution in [3.8, 4) is 0 Å². The lowest BCUT2D eigenvalue weighted by atomic mass is 10.1. The number of rotatable bonds is 4. The number of nitrogens with one attached hydrogen (secondary N) is 1. The zero-order chi connectivity index (χ0) is 18.0. The Labute approximate surface area is 153 Å². The molecular formula is C18H21ClN2O3S. The molecule has 3 rings (SSSR count). The van der Waals surface area contributed by atoms with E-state index in [9.17, 15) is 8.42 Å². The Balaban J connectivity index is 1.77. The topological polar surface area (TPSA) is 58.6 Å². The van der Waals surface area contributed by atoms with Gasteiger partial charge in [0.15, 0.2) is 0 Å². The average molecular weight is 381 g/mol. The minimum Gasteiger partial charge on any atom is -0.377 e. The number of nitrogens with zero attached hydrogens (tertiary/aromatic N) is 1. The molecule has 1 aliphatic heterocycles. The van der Waals surface area contributed by atoms with Gasteiger partial charge in [-0.1, -0.05) is 11.6 Å². The number of ether oxygens (including phenoxy) is 1. The molecule has 1 heterocycles. The van der Waals surface area contributed by atoms with E-state index in [1.165, 1.54) is 12.1 Å². The van der Waals surface area contributed by atoms with Crippen molar-refractivity contribution in [1.82, 2.24) is 0 Å². The van der Waals surface area contributed by atoms with E-state index in [0.717, 1.165) is 5.69 Å². The molecule has 1 aliphatic rings. The molecule has 0 saturated carbocycles. The Morgan fingerprint density at radius 1 is 1.00 bits per heavy atom. The molecule has 2 unspecified atom stereocenters. The van der Waals surface area contributed by atoms with Gasteiger partial charge in [0, 0.05) is 28.5 Å². The maximum Gasteiger partial charge on any atom is 0.261 e. The summed E-state index contributed by atoms with van der Waals surface area (Å²) < 4.78 is 33.0. The van der Waals surface area contributed by atoms with Gasteiger partial charge in [-0.05, 0) is 62.4 Å². The number of morpholine rings is 1. The third kappa shape index (κ3) is 4.08. The fourth-order valence-corrected chi connectivity index (χ4v) is 4.23. The van der Waals surface area contributed by atoms with E-state index in [1.54, 1.807) is 24.3 Å². The van der Waals surface area contributed by atoms with E-state index in [2.05, 4.69) is 23.5 Å². The molecule has 0 aliphatic carbocycles. The number of anilines is 2. The summed E-state index contributed by atoms with van der Waals surface area (Å²) in [6.07, 6.45) is 0. The predicted octanol–water partition coefficient (Wildman–Crippen LogP) is 3.75. The van der Waals surface area contributed by atoms with E-state index < -0.39 is 10.0 Å². The summed E-state index contributed by atoms with van der Waals surface area (Å²) in [5.74, 6) is 0. The van der Waals surface area contributed by atoms with Crippen LogP contribution in [0.2, 0.25) is 5.02 Å². The first-order valence-corrected chi connectivity index (χ1v) is 9.97. The molecule has 1 saturated heterocycles. The van der Waals surface area contributed by atoms with Crippen LogP contribution in [0.1, 0.15) is 13.8 Å². The fraction of sp³-hybridized carbons (Fsp3) is 0.333. The molecule has 0 aromatic heterocycles. The number of benzene rings is 2. The second-order valence-corrected chi connectivity index (χ2v) is 8.37. The van der Waals surface area contributed by atoms with Crippen LogP contribution in [0.4, 0.5) is 11.4 Å². The van der Waals surface area contributed by atoms with Crippen LogP contribution in [0.3, 0.4) is 0 Å². The maximum atomic E-state index is 12.4. The molecule has 7 heteroatoms. The van der Waals surface area contributed by atoms with E-state index in [4.69, 9.17) is 16.3 Å². The van der Waals surface area contributed by atoms with Gasteiger partial charge in [-0.15, -0.1) is 0 Å². The van der Waals surface area contributed by atoms with Crippen LogP contribution in [0.5, 0.6) is 0 Å². The lowest BCUT2D eigenvalue weighted by molar-refractivity contribution is 0.0757. The summed E-state index contributed by atoms with van der Waals surface area (Å²) in [4.78, 5) is 2.47. The molecule has 0 bridgehead atoms. The second-order valence-electron chi connectivity index (χ2n) is 6.25. The van der Waals surface area contributed by atoms with E-state index in [0.29, 0.717) is 23.9 Å². The third-order valence-corrected chi connectivity index (χ3v) is 5.86. The first kappa shape index (κ1) is 18.0. The molecule has 0 spiro atoms. The standard InChI is InChI=1S/C18H21ClN2O3S/c1-13-11-24-12-14(2)21(13)17-7-5-16(6-8-17)20-25(22,23)18-9-3-15(19)4-10-18/h3-10,13-14,20H,11-12H2,1-2H3. The van der Waals surface area contributed by atoms with Gasteiger partial charge in [-0.3, -0.25) is 4.72 Å². The highest BCUT2D eigenvalue weighted by atomic mass is 35.5. The summed E-state index contributed by atoms with van der Waals surface area (Å²) in [5, 5.41) is 0.497. The van der Waals surface area contributed by atoms with Crippen LogP contribution in [0.15, 0.2) is 53.4 Å². The Bertz CT molecular complexity index is 812. The van der Waals surface area contributed by atoms with Crippen molar-refractivity contribution in [2.75, 3.05) is 22.8 Å². The highest BCUT2D eigenvalue weighted by Crippen LogP contribution is 2.26. The van der Waals surface area contributed by atoms with Crippen LogP contribution in [-0.4, -0.2) is 33.7 Å². The van der Waals surface area contributed by atoms with Gasteiger partial charge in [0.05, 0.1) is 18.1 Å². The van der Waals surface area contributed by atoms with E-state index in [1.807, 2.05) is 12.1 Å². The van der Waals surface area contributed by atoms with Gasteiger partial charge in [-0.2, -0.15) is 0 Å². The van der Waals surface area contributed by atoms with Crippen LogP contribution in [0, 0.1) is 0 Å². The van der Waals surface area contributed by atoms with E-state index >= 15 is 0 Å². The molecule has 2 atom stereocenters. The Morgan fingerprint density at radius 2 is 1.56 bits per heavy atom. The molecule has 1 N–H and O–H groups in total. The average Bonchev–Trinajstić information content (AvgIpc) is 2.56. The summed E-state index contributed by atoms with van der Waals surface area (Å²) in [5.41, 5.74) is 1.57. The van der Waals surface area contributed by atoms with Gasteiger partial charge in [0.25, 0.3) is 10.0 Å². The van der Waals surface area contributed by atoms with Crippen molar-refractivity contribution in [2.24, 2.45) is 0 Å². The molecule has 0 amide bonds. The van der Waals surface area contributed by atoms with Gasteiger partial charge in [-0.25, -0.2) is 8.42 Å².